The molecule has 2 nitrogen and oxygen atoms in total. The van der Waals surface area contributed by atoms with Crippen molar-refractivity contribution >= 4 is 0 Å². The third-order valence-electron chi connectivity index (χ3n) is 4.53. The quantitative estimate of drug-likeness (QED) is 0.801. The number of benzene rings is 1. The molecule has 100 valence electrons. The van der Waals surface area contributed by atoms with Gasteiger partial charge in [0.2, 0.25) is 0 Å². The molecule has 1 atom stereocenters. The Kier molecular flexibility index (Phi) is 4.41. The first kappa shape index (κ1) is 13.6. The van der Waals surface area contributed by atoms with Crippen LogP contribution >= 0.6 is 0 Å². The molecule has 1 aliphatic carbocycles. The fourth-order valence-corrected chi connectivity index (χ4v) is 3.22. The molecule has 0 aliphatic heterocycles. The Labute approximate surface area is 111 Å². The number of hydrogen-bond donors (Lipinski definition) is 1. The van der Waals surface area contributed by atoms with Crippen molar-refractivity contribution in [1.29, 1.82) is 0 Å². The van der Waals surface area contributed by atoms with Gasteiger partial charge in [0.1, 0.15) is 0 Å². The molecule has 0 radical (unpaired) electrons. The fraction of sp³-hybridized carbons (Fsp3) is 0.625. The van der Waals surface area contributed by atoms with Crippen molar-refractivity contribution in [2.75, 3.05) is 13.1 Å². The highest BCUT2D eigenvalue weighted by molar-refractivity contribution is 5.16. The zero-order valence-electron chi connectivity index (χ0n) is 11.7. The highest BCUT2D eigenvalue weighted by Crippen LogP contribution is 2.45. The average Bonchev–Trinajstić information content (AvgIpc) is 3.25. The third kappa shape index (κ3) is 2.60. The molecule has 1 aromatic rings. The van der Waals surface area contributed by atoms with Crippen LogP contribution in [0.3, 0.4) is 0 Å². The minimum atomic E-state index is 0.227. The van der Waals surface area contributed by atoms with Gasteiger partial charge in [-0.3, -0.25) is 4.90 Å². The van der Waals surface area contributed by atoms with Crippen molar-refractivity contribution in [2.24, 2.45) is 11.7 Å². The maximum atomic E-state index is 6.15. The van der Waals surface area contributed by atoms with Crippen molar-refractivity contribution < 1.29 is 0 Å². The van der Waals surface area contributed by atoms with Crippen molar-refractivity contribution in [3.05, 3.63) is 35.9 Å². The summed E-state index contributed by atoms with van der Waals surface area (Å²) in [4.78, 5) is 2.60. The predicted molar refractivity (Wildman–Crippen MR) is 77.3 cm³/mol. The van der Waals surface area contributed by atoms with Gasteiger partial charge in [-0.1, -0.05) is 44.2 Å². The highest BCUT2D eigenvalue weighted by Gasteiger charge is 2.46. The summed E-state index contributed by atoms with van der Waals surface area (Å²) in [6.45, 7) is 7.44. The van der Waals surface area contributed by atoms with Crippen molar-refractivity contribution in [3.8, 4) is 0 Å². The second kappa shape index (κ2) is 5.85. The summed E-state index contributed by atoms with van der Waals surface area (Å²) in [6, 6.07) is 10.8. The van der Waals surface area contributed by atoms with E-state index in [-0.39, 0.29) is 5.54 Å². The molecule has 1 saturated carbocycles. The molecule has 0 amide bonds. The molecule has 1 aliphatic rings. The van der Waals surface area contributed by atoms with Crippen LogP contribution < -0.4 is 5.73 Å². The van der Waals surface area contributed by atoms with E-state index in [1.165, 1.54) is 18.4 Å². The molecule has 0 heterocycles. The molecular weight excluding hydrogens is 220 g/mol. The van der Waals surface area contributed by atoms with E-state index in [1.807, 2.05) is 0 Å². The first-order chi connectivity index (χ1) is 8.76. The van der Waals surface area contributed by atoms with E-state index in [2.05, 4.69) is 49.1 Å². The van der Waals surface area contributed by atoms with Gasteiger partial charge in [0.05, 0.1) is 0 Å². The van der Waals surface area contributed by atoms with Gasteiger partial charge in [-0.15, -0.1) is 0 Å². The molecular formula is C16H26N2. The minimum Gasteiger partial charge on any atom is -0.329 e. The SMILES string of the molecule is CCN(Cc1ccccc1)C(CC)(CN)C1CC1. The third-order valence-corrected chi connectivity index (χ3v) is 4.53. The summed E-state index contributed by atoms with van der Waals surface area (Å²) in [5, 5.41) is 0. The van der Waals surface area contributed by atoms with E-state index in [0.29, 0.717) is 0 Å². The maximum absolute atomic E-state index is 6.15. The standard InChI is InChI=1S/C16H26N2/c1-3-16(13-17,15-10-11-15)18(4-2)12-14-8-6-5-7-9-14/h5-9,15H,3-4,10-13,17H2,1-2H3. The lowest BCUT2D eigenvalue weighted by Gasteiger charge is -2.43. The summed E-state index contributed by atoms with van der Waals surface area (Å²) in [5.41, 5.74) is 7.77. The van der Waals surface area contributed by atoms with Crippen LogP contribution in [0, 0.1) is 5.92 Å². The minimum absolute atomic E-state index is 0.227. The zero-order chi connectivity index (χ0) is 13.0. The fourth-order valence-electron chi connectivity index (χ4n) is 3.22. The van der Waals surface area contributed by atoms with E-state index in [0.717, 1.165) is 32.0 Å². The lowest BCUT2D eigenvalue weighted by Crippen LogP contribution is -2.54. The van der Waals surface area contributed by atoms with Crippen LogP contribution in [0.4, 0.5) is 0 Å². The number of rotatable bonds is 7. The predicted octanol–water partition coefficient (Wildman–Crippen LogP) is 3.03. The zero-order valence-corrected chi connectivity index (χ0v) is 11.7. The summed E-state index contributed by atoms with van der Waals surface area (Å²) in [6.07, 6.45) is 3.88. The van der Waals surface area contributed by atoms with E-state index in [4.69, 9.17) is 5.73 Å². The molecule has 2 N–H and O–H groups in total. The first-order valence-electron chi connectivity index (χ1n) is 7.26. The Morgan fingerprint density at radius 1 is 1.22 bits per heavy atom. The lowest BCUT2D eigenvalue weighted by atomic mass is 9.87. The van der Waals surface area contributed by atoms with Crippen LogP contribution in [-0.4, -0.2) is 23.5 Å². The van der Waals surface area contributed by atoms with Gasteiger partial charge in [-0.25, -0.2) is 0 Å². The van der Waals surface area contributed by atoms with Gasteiger partial charge in [0, 0.05) is 18.6 Å². The van der Waals surface area contributed by atoms with Crippen molar-refractivity contribution in [3.63, 3.8) is 0 Å². The van der Waals surface area contributed by atoms with Crippen molar-refractivity contribution in [2.45, 2.75) is 45.2 Å². The van der Waals surface area contributed by atoms with Crippen LogP contribution in [0.5, 0.6) is 0 Å². The van der Waals surface area contributed by atoms with E-state index in [9.17, 15) is 0 Å². The van der Waals surface area contributed by atoms with Gasteiger partial charge in [-0.05, 0) is 37.3 Å². The molecule has 2 rings (SSSR count). The summed E-state index contributed by atoms with van der Waals surface area (Å²) < 4.78 is 0. The van der Waals surface area contributed by atoms with Crippen LogP contribution in [-0.2, 0) is 6.54 Å². The van der Waals surface area contributed by atoms with Gasteiger partial charge in [-0.2, -0.15) is 0 Å². The van der Waals surface area contributed by atoms with Gasteiger partial charge in [0.15, 0.2) is 0 Å². The average molecular weight is 246 g/mol. The number of likely N-dealkylation sites (N-methyl/N-ethyl adjacent to an activating group) is 1. The van der Waals surface area contributed by atoms with Gasteiger partial charge >= 0.3 is 0 Å². The Morgan fingerprint density at radius 2 is 1.89 bits per heavy atom. The first-order valence-corrected chi connectivity index (χ1v) is 7.26. The molecule has 1 aromatic carbocycles. The summed E-state index contributed by atoms with van der Waals surface area (Å²) in [7, 11) is 0. The number of hydrogen-bond acceptors (Lipinski definition) is 2. The monoisotopic (exact) mass is 246 g/mol. The number of nitrogens with zero attached hydrogens (tertiary/aromatic N) is 1. The normalized spacial score (nSPS) is 18.9. The molecule has 18 heavy (non-hydrogen) atoms. The molecule has 1 unspecified atom stereocenters. The Balaban J connectivity index is 2.15. The molecule has 1 fully saturated rings. The summed E-state index contributed by atoms with van der Waals surface area (Å²) in [5.74, 6) is 0.816. The Bertz CT molecular complexity index is 353. The van der Waals surface area contributed by atoms with E-state index < -0.39 is 0 Å². The Morgan fingerprint density at radius 3 is 2.33 bits per heavy atom. The van der Waals surface area contributed by atoms with Crippen LogP contribution in [0.15, 0.2) is 30.3 Å². The highest BCUT2D eigenvalue weighted by atomic mass is 15.2. The van der Waals surface area contributed by atoms with Crippen LogP contribution in [0.25, 0.3) is 0 Å². The van der Waals surface area contributed by atoms with Gasteiger partial charge in [0.25, 0.3) is 0 Å². The lowest BCUT2D eigenvalue weighted by molar-refractivity contribution is 0.0657. The summed E-state index contributed by atoms with van der Waals surface area (Å²) >= 11 is 0. The van der Waals surface area contributed by atoms with Crippen molar-refractivity contribution in [1.82, 2.24) is 4.90 Å². The molecule has 0 bridgehead atoms. The molecule has 0 saturated heterocycles. The molecule has 2 heteroatoms. The smallest absolute Gasteiger partial charge is 0.0360 e. The second-order valence-electron chi connectivity index (χ2n) is 5.44. The van der Waals surface area contributed by atoms with Gasteiger partial charge < -0.3 is 5.73 Å². The Hall–Kier alpha value is -0.860. The topological polar surface area (TPSA) is 29.3 Å². The molecule has 0 aromatic heterocycles. The second-order valence-corrected chi connectivity index (χ2v) is 5.44. The maximum Gasteiger partial charge on any atom is 0.0360 e. The molecule has 0 spiro atoms. The van der Waals surface area contributed by atoms with E-state index >= 15 is 0 Å². The van der Waals surface area contributed by atoms with E-state index in [1.54, 1.807) is 0 Å². The largest absolute Gasteiger partial charge is 0.329 e. The number of nitrogens with two attached hydrogens (primary N) is 1. The van der Waals surface area contributed by atoms with Crippen LogP contribution in [0.2, 0.25) is 0 Å². The van der Waals surface area contributed by atoms with Crippen LogP contribution in [0.1, 0.15) is 38.7 Å².